The van der Waals surface area contributed by atoms with Crippen LogP contribution in [0.25, 0.3) is 0 Å². The summed E-state index contributed by atoms with van der Waals surface area (Å²) in [5.41, 5.74) is -1.54. The maximum Gasteiger partial charge on any atom is 0.416 e. The first-order chi connectivity index (χ1) is 15.0. The number of nitrogens with one attached hydrogen (secondary N) is 2. The van der Waals surface area contributed by atoms with Gasteiger partial charge < -0.3 is 25.4 Å². The Morgan fingerprint density at radius 1 is 1.06 bits per heavy atom. The average molecular weight is 451 g/mol. The fraction of sp³-hybridized carbons (Fsp3) is 0.364. The Hall–Kier alpha value is -3.27. The lowest BCUT2D eigenvalue weighted by molar-refractivity contribution is -0.137. The van der Waals surface area contributed by atoms with Crippen LogP contribution >= 0.6 is 0 Å². The molecule has 0 radical (unpaired) electrons. The topological polar surface area (TPSA) is 90.9 Å². The van der Waals surface area contributed by atoms with Gasteiger partial charge in [0.1, 0.15) is 11.5 Å². The van der Waals surface area contributed by atoms with Crippen LogP contribution in [0.15, 0.2) is 42.5 Å². The smallest absolute Gasteiger partial charge is 0.416 e. The van der Waals surface area contributed by atoms with Crippen molar-refractivity contribution in [3.63, 3.8) is 0 Å². The highest BCUT2D eigenvalue weighted by atomic mass is 19.4. The van der Waals surface area contributed by atoms with Crippen molar-refractivity contribution in [2.45, 2.75) is 31.5 Å². The summed E-state index contributed by atoms with van der Waals surface area (Å²) >= 11 is 0. The molecule has 0 bridgehead atoms. The second kappa shape index (κ2) is 9.07. The Kier molecular flexibility index (Phi) is 6.63. The highest BCUT2D eigenvalue weighted by Gasteiger charge is 2.33. The second-order valence-electron chi connectivity index (χ2n) is 7.86. The molecule has 0 atom stereocenters. The molecule has 32 heavy (non-hydrogen) atoms. The monoisotopic (exact) mass is 451 g/mol. The molecule has 1 aliphatic rings. The highest BCUT2D eigenvalue weighted by molar-refractivity contribution is 5.94. The molecule has 2 aromatic rings. The zero-order valence-electron chi connectivity index (χ0n) is 17.6. The quantitative estimate of drug-likeness (QED) is 0.649. The van der Waals surface area contributed by atoms with Gasteiger partial charge in [-0.15, -0.1) is 0 Å². The summed E-state index contributed by atoms with van der Waals surface area (Å²) in [4.78, 5) is 25.6. The van der Waals surface area contributed by atoms with Gasteiger partial charge in [0.2, 0.25) is 0 Å². The number of anilines is 1. The molecule has 2 aromatic carbocycles. The van der Waals surface area contributed by atoms with Crippen LogP contribution in [0, 0.1) is 0 Å². The number of carbonyl (C=O) groups excluding carboxylic acids is 2. The number of halogens is 3. The van der Waals surface area contributed by atoms with Crippen molar-refractivity contribution in [2.75, 3.05) is 25.5 Å². The van der Waals surface area contributed by atoms with Crippen LogP contribution in [0.4, 0.5) is 23.7 Å². The molecule has 0 aliphatic carbocycles. The molecule has 3 amide bonds. The summed E-state index contributed by atoms with van der Waals surface area (Å²) in [6.07, 6.45) is -3.89. The molecule has 172 valence electrons. The van der Waals surface area contributed by atoms with Crippen molar-refractivity contribution in [1.82, 2.24) is 10.2 Å². The third-order valence-corrected chi connectivity index (χ3v) is 5.19. The number of aliphatic hydroxyl groups is 1. The van der Waals surface area contributed by atoms with Crippen molar-refractivity contribution in [1.29, 1.82) is 0 Å². The molecule has 0 aromatic heterocycles. The molecule has 0 saturated carbocycles. The minimum Gasteiger partial charge on any atom is -0.457 e. The van der Waals surface area contributed by atoms with E-state index in [4.69, 9.17) is 4.74 Å². The molecule has 0 unspecified atom stereocenters. The van der Waals surface area contributed by atoms with Gasteiger partial charge >= 0.3 is 12.2 Å². The molecular formula is C22H24F3N3O4. The number of carbonyl (C=O) groups is 2. The number of likely N-dealkylation sites (tertiary alicyclic amines) is 1. The molecule has 7 nitrogen and oxygen atoms in total. The van der Waals surface area contributed by atoms with Crippen LogP contribution in [0.1, 0.15) is 35.7 Å². The van der Waals surface area contributed by atoms with Crippen LogP contribution in [0.3, 0.4) is 0 Å². The van der Waals surface area contributed by atoms with Gasteiger partial charge in [-0.25, -0.2) is 4.79 Å². The van der Waals surface area contributed by atoms with Crippen molar-refractivity contribution in [3.8, 4) is 11.5 Å². The lowest BCUT2D eigenvalue weighted by Gasteiger charge is -2.35. The standard InChI is InChI=1S/C22H24F3N3O4/c1-21(31)7-9-28(10-8-21)20(30)27-16-11-15(22(23,24)25)12-18(13-16)32-17-5-3-14(4-6-17)19(29)26-2/h3-6,11-13,31H,7-10H2,1-2H3,(H,26,29)(H,27,30). The van der Waals surface area contributed by atoms with E-state index in [1.54, 1.807) is 6.92 Å². The van der Waals surface area contributed by atoms with Gasteiger partial charge in [0.05, 0.1) is 11.2 Å². The number of ether oxygens (including phenoxy) is 1. The molecule has 0 spiro atoms. The lowest BCUT2D eigenvalue weighted by atomic mass is 9.94. The average Bonchev–Trinajstić information content (AvgIpc) is 2.72. The van der Waals surface area contributed by atoms with Gasteiger partial charge in [0, 0.05) is 37.5 Å². The van der Waals surface area contributed by atoms with E-state index >= 15 is 0 Å². The third-order valence-electron chi connectivity index (χ3n) is 5.19. The molecule has 3 N–H and O–H groups in total. The zero-order chi connectivity index (χ0) is 23.5. The van der Waals surface area contributed by atoms with E-state index in [2.05, 4.69) is 10.6 Å². The number of rotatable bonds is 4. The number of piperidine rings is 1. The van der Waals surface area contributed by atoms with Crippen LogP contribution < -0.4 is 15.4 Å². The number of nitrogens with zero attached hydrogens (tertiary/aromatic N) is 1. The van der Waals surface area contributed by atoms with Crippen molar-refractivity contribution >= 4 is 17.6 Å². The van der Waals surface area contributed by atoms with Crippen LogP contribution in [-0.2, 0) is 6.18 Å². The molecule has 10 heteroatoms. The molecule has 1 aliphatic heterocycles. The van der Waals surface area contributed by atoms with Gasteiger partial charge in [-0.2, -0.15) is 13.2 Å². The summed E-state index contributed by atoms with van der Waals surface area (Å²) in [5, 5.41) is 15.0. The summed E-state index contributed by atoms with van der Waals surface area (Å²) < 4.78 is 45.7. The fourth-order valence-corrected chi connectivity index (χ4v) is 3.24. The van der Waals surface area contributed by atoms with Gasteiger partial charge in [-0.3, -0.25) is 4.79 Å². The van der Waals surface area contributed by atoms with Crippen molar-refractivity contribution < 1.29 is 32.6 Å². The minimum absolute atomic E-state index is 0.0702. The molecular weight excluding hydrogens is 427 g/mol. The Balaban J connectivity index is 1.79. The summed E-state index contributed by atoms with van der Waals surface area (Å²) in [7, 11) is 1.48. The number of alkyl halides is 3. The predicted octanol–water partition coefficient (Wildman–Crippen LogP) is 4.24. The van der Waals surface area contributed by atoms with Gasteiger partial charge in [-0.1, -0.05) is 0 Å². The van der Waals surface area contributed by atoms with E-state index < -0.39 is 23.4 Å². The second-order valence-corrected chi connectivity index (χ2v) is 7.86. The van der Waals surface area contributed by atoms with Crippen LogP contribution in [-0.4, -0.2) is 47.7 Å². The number of benzene rings is 2. The number of urea groups is 1. The summed E-state index contributed by atoms with van der Waals surface area (Å²) in [6.45, 7) is 2.26. The Labute approximate surface area is 183 Å². The SMILES string of the molecule is CNC(=O)c1ccc(Oc2cc(NC(=O)N3CCC(C)(O)CC3)cc(C(F)(F)F)c2)cc1. The molecule has 1 heterocycles. The first-order valence-electron chi connectivity index (χ1n) is 9.97. The van der Waals surface area contributed by atoms with E-state index in [1.807, 2.05) is 0 Å². The minimum atomic E-state index is -4.65. The van der Waals surface area contributed by atoms with Gasteiger partial charge in [0.15, 0.2) is 0 Å². The predicted molar refractivity (Wildman–Crippen MR) is 112 cm³/mol. The summed E-state index contributed by atoms with van der Waals surface area (Å²) in [5.74, 6) is -0.197. The fourth-order valence-electron chi connectivity index (χ4n) is 3.24. The Morgan fingerprint density at radius 2 is 1.69 bits per heavy atom. The summed E-state index contributed by atoms with van der Waals surface area (Å²) in [6, 6.07) is 8.29. The van der Waals surface area contributed by atoms with Gasteiger partial charge in [0.25, 0.3) is 5.91 Å². The Bertz CT molecular complexity index is 981. The lowest BCUT2D eigenvalue weighted by Crippen LogP contribution is -2.46. The van der Waals surface area contributed by atoms with Crippen molar-refractivity contribution in [3.05, 3.63) is 53.6 Å². The van der Waals surface area contributed by atoms with Gasteiger partial charge in [-0.05, 0) is 56.2 Å². The highest BCUT2D eigenvalue weighted by Crippen LogP contribution is 2.36. The van der Waals surface area contributed by atoms with Crippen LogP contribution in [0.2, 0.25) is 0 Å². The zero-order valence-corrected chi connectivity index (χ0v) is 17.6. The van der Waals surface area contributed by atoms with Crippen molar-refractivity contribution in [2.24, 2.45) is 0 Å². The maximum absolute atomic E-state index is 13.4. The molecule has 1 saturated heterocycles. The Morgan fingerprint density at radius 3 is 2.25 bits per heavy atom. The normalized spacial score (nSPS) is 15.8. The largest absolute Gasteiger partial charge is 0.457 e. The number of amides is 3. The number of hydrogen-bond donors (Lipinski definition) is 3. The van der Waals surface area contributed by atoms with E-state index in [1.165, 1.54) is 42.3 Å². The third kappa shape index (κ3) is 5.91. The van der Waals surface area contributed by atoms with E-state index in [0.29, 0.717) is 31.5 Å². The van der Waals surface area contributed by atoms with Crippen LogP contribution in [0.5, 0.6) is 11.5 Å². The maximum atomic E-state index is 13.4. The van der Waals surface area contributed by atoms with E-state index in [0.717, 1.165) is 12.1 Å². The molecule has 1 fully saturated rings. The van der Waals surface area contributed by atoms with E-state index in [9.17, 15) is 27.9 Å². The number of hydrogen-bond acceptors (Lipinski definition) is 4. The first kappa shape index (κ1) is 23.4. The molecule has 3 rings (SSSR count). The van der Waals surface area contributed by atoms with E-state index in [-0.39, 0.29) is 23.1 Å². The first-order valence-corrected chi connectivity index (χ1v) is 9.97.